The van der Waals surface area contributed by atoms with Crippen LogP contribution in [-0.2, 0) is 22.2 Å². The first-order chi connectivity index (χ1) is 1.73. The van der Waals surface area contributed by atoms with E-state index in [1.54, 1.807) is 0 Å². The van der Waals surface area contributed by atoms with Crippen LogP contribution >= 0.6 is 0 Å². The molecule has 0 heterocycles. The molecule has 0 unspecified atom stereocenters. The van der Waals surface area contributed by atoms with E-state index in [9.17, 15) is 0 Å². The normalized spacial score (nSPS) is 3.57. The van der Waals surface area contributed by atoms with Gasteiger partial charge in [0.25, 0.3) is 0 Å². The largest absolute Gasteiger partial charge is 3.00 e. The van der Waals surface area contributed by atoms with Gasteiger partial charge in [-0.3, -0.25) is 0 Å². The summed E-state index contributed by atoms with van der Waals surface area (Å²) in [5.74, 6) is -1.08. The summed E-state index contributed by atoms with van der Waals surface area (Å²) in [6.45, 7) is 0.972. The molecule has 0 rings (SSSR count). The molecule has 1 radical (unpaired) electrons. The fourth-order valence-electron chi connectivity index (χ4n) is 0. The molecule has 0 fully saturated rings. The van der Waals surface area contributed by atoms with Gasteiger partial charge in [-0.25, -0.2) is 0 Å². The molecule has 43 valence electrons. The van der Waals surface area contributed by atoms with Gasteiger partial charge in [-0.2, -0.15) is 0 Å². The molecule has 5 heteroatoms. The molecule has 0 saturated carbocycles. The summed E-state index contributed by atoms with van der Waals surface area (Å²) in [7, 11) is 0. The van der Waals surface area contributed by atoms with E-state index in [2.05, 4.69) is 0 Å². The van der Waals surface area contributed by atoms with Gasteiger partial charge in [0, 0.05) is 5.97 Å². The van der Waals surface area contributed by atoms with Gasteiger partial charge in [0.05, 0.1) is 0 Å². The Labute approximate surface area is 51.9 Å². The van der Waals surface area contributed by atoms with Crippen molar-refractivity contribution in [1.82, 2.24) is 0 Å². The van der Waals surface area contributed by atoms with Crippen LogP contribution in [-0.4, -0.2) is 16.9 Å². The smallest absolute Gasteiger partial charge is 0.870 e. The molecule has 0 aliphatic carbocycles. The zero-order valence-corrected chi connectivity index (χ0v) is 4.89. The quantitative estimate of drug-likeness (QED) is 0.409. The van der Waals surface area contributed by atoms with Crippen LogP contribution in [0.3, 0.4) is 0 Å². The fourth-order valence-corrected chi connectivity index (χ4v) is 0. The van der Waals surface area contributed by atoms with Crippen molar-refractivity contribution in [1.29, 1.82) is 0 Å². The van der Waals surface area contributed by atoms with Gasteiger partial charge in [0.1, 0.15) is 0 Å². The molecule has 0 aliphatic rings. The first-order valence-electron chi connectivity index (χ1n) is 0.908. The zero-order chi connectivity index (χ0) is 3.58. The SMILES string of the molecule is CC(=O)[O-].[Cr+3].[OH-].[OH-]. The van der Waals surface area contributed by atoms with Crippen LogP contribution in [0.4, 0.5) is 0 Å². The Hall–Kier alpha value is -0.0775. The molecule has 4 nitrogen and oxygen atoms in total. The number of aliphatic carboxylic acids is 1. The Morgan fingerprint density at radius 1 is 1.43 bits per heavy atom. The van der Waals surface area contributed by atoms with Gasteiger partial charge in [0.2, 0.25) is 0 Å². The number of carboxylic acids is 1. The molecule has 0 bridgehead atoms. The first kappa shape index (κ1) is 28.4. The molecule has 0 aromatic heterocycles. The summed E-state index contributed by atoms with van der Waals surface area (Å²) in [6.07, 6.45) is 0. The van der Waals surface area contributed by atoms with Gasteiger partial charge in [0.15, 0.2) is 0 Å². The predicted molar refractivity (Wildman–Crippen MR) is 14.6 cm³/mol. The fraction of sp³-hybridized carbons (Fsp3) is 0.500. The van der Waals surface area contributed by atoms with E-state index in [4.69, 9.17) is 9.90 Å². The molecule has 0 atom stereocenters. The average molecular weight is 145 g/mol. The molecule has 0 aliphatic heterocycles. The van der Waals surface area contributed by atoms with Crippen LogP contribution in [0.1, 0.15) is 6.92 Å². The van der Waals surface area contributed by atoms with Crippen molar-refractivity contribution in [3.8, 4) is 0 Å². The van der Waals surface area contributed by atoms with Crippen molar-refractivity contribution < 1.29 is 38.2 Å². The molecule has 2 N–H and O–H groups in total. The number of hydrogen-bond donors (Lipinski definition) is 0. The molecule has 0 amide bonds. The molecule has 7 heavy (non-hydrogen) atoms. The second-order valence-corrected chi connectivity index (χ2v) is 0.492. The van der Waals surface area contributed by atoms with Crippen molar-refractivity contribution in [2.75, 3.05) is 0 Å². The molecule has 0 aromatic rings. The number of carbonyl (C=O) groups is 1. The predicted octanol–water partition coefficient (Wildman–Crippen LogP) is -1.60. The average Bonchev–Trinajstić information content (AvgIpc) is 0.811. The maximum absolute atomic E-state index is 8.89. The van der Waals surface area contributed by atoms with E-state index in [1.165, 1.54) is 0 Å². The van der Waals surface area contributed by atoms with E-state index in [0.29, 0.717) is 0 Å². The number of carbonyl (C=O) groups excluding carboxylic acids is 1. The van der Waals surface area contributed by atoms with Crippen LogP contribution in [0.5, 0.6) is 0 Å². The number of hydrogen-bond acceptors (Lipinski definition) is 4. The standard InChI is InChI=1S/C2H4O2.Cr.2H2O/c1-2(3)4;;;/h1H3,(H,3,4);;2*1H2/q;+3;;/p-3. The minimum Gasteiger partial charge on any atom is -0.870 e. The Morgan fingerprint density at radius 2 is 1.43 bits per heavy atom. The van der Waals surface area contributed by atoms with Crippen LogP contribution < -0.4 is 5.11 Å². The van der Waals surface area contributed by atoms with Crippen molar-refractivity contribution in [3.05, 3.63) is 0 Å². The summed E-state index contributed by atoms with van der Waals surface area (Å²) in [4.78, 5) is 8.89. The minimum absolute atomic E-state index is 0. The van der Waals surface area contributed by atoms with E-state index >= 15 is 0 Å². The van der Waals surface area contributed by atoms with Crippen molar-refractivity contribution in [3.63, 3.8) is 0 Å². The van der Waals surface area contributed by atoms with Crippen LogP contribution in [0.15, 0.2) is 0 Å². The molecule has 0 spiro atoms. The van der Waals surface area contributed by atoms with Gasteiger partial charge < -0.3 is 20.9 Å². The van der Waals surface area contributed by atoms with Gasteiger partial charge >= 0.3 is 17.4 Å². The Bertz CT molecular complexity index is 32.7. The van der Waals surface area contributed by atoms with Crippen molar-refractivity contribution in [2.45, 2.75) is 6.92 Å². The summed E-state index contributed by atoms with van der Waals surface area (Å²) in [5.41, 5.74) is 0. The van der Waals surface area contributed by atoms with Crippen LogP contribution in [0, 0.1) is 0 Å². The summed E-state index contributed by atoms with van der Waals surface area (Å²) < 4.78 is 0. The monoisotopic (exact) mass is 145 g/mol. The van der Waals surface area contributed by atoms with Crippen molar-refractivity contribution in [2.24, 2.45) is 0 Å². The Balaban J connectivity index is -0.0000000150. The van der Waals surface area contributed by atoms with E-state index < -0.39 is 5.97 Å². The third-order valence-corrected chi connectivity index (χ3v) is 0. The van der Waals surface area contributed by atoms with Gasteiger partial charge in [-0.1, -0.05) is 0 Å². The summed E-state index contributed by atoms with van der Waals surface area (Å²) >= 11 is 0. The summed E-state index contributed by atoms with van der Waals surface area (Å²) in [6, 6.07) is 0. The number of rotatable bonds is 0. The topological polar surface area (TPSA) is 100 Å². The third kappa shape index (κ3) is 15200. The van der Waals surface area contributed by atoms with Gasteiger partial charge in [-0.15, -0.1) is 0 Å². The first-order valence-corrected chi connectivity index (χ1v) is 0.908. The molecule has 0 saturated heterocycles. The van der Waals surface area contributed by atoms with E-state index in [1.807, 2.05) is 0 Å². The second-order valence-electron chi connectivity index (χ2n) is 0.492. The van der Waals surface area contributed by atoms with Crippen LogP contribution in [0.25, 0.3) is 0 Å². The van der Waals surface area contributed by atoms with Gasteiger partial charge in [-0.05, 0) is 6.92 Å². The van der Waals surface area contributed by atoms with Crippen LogP contribution in [0.2, 0.25) is 0 Å². The third-order valence-electron chi connectivity index (χ3n) is 0. The Kier molecular flexibility index (Phi) is 68.2. The van der Waals surface area contributed by atoms with E-state index in [-0.39, 0.29) is 28.3 Å². The Morgan fingerprint density at radius 3 is 1.43 bits per heavy atom. The number of carboxylic acid groups (broad SMARTS) is 1. The zero-order valence-electron chi connectivity index (χ0n) is 3.62. The molecular weight excluding hydrogens is 140 g/mol. The second kappa shape index (κ2) is 16.8. The molecule has 0 aromatic carbocycles. The maximum Gasteiger partial charge on any atom is 3.00 e. The van der Waals surface area contributed by atoms with E-state index in [0.717, 1.165) is 6.92 Å². The minimum atomic E-state index is -1.08. The van der Waals surface area contributed by atoms with Crippen molar-refractivity contribution >= 4 is 5.97 Å². The molecular formula is C2H5CrO4. The summed E-state index contributed by atoms with van der Waals surface area (Å²) in [5, 5.41) is 8.89. The maximum atomic E-state index is 8.89.